The van der Waals surface area contributed by atoms with E-state index in [1.165, 1.54) is 0 Å². The van der Waals surface area contributed by atoms with Gasteiger partial charge in [0, 0.05) is 13.1 Å². The van der Waals surface area contributed by atoms with Gasteiger partial charge in [-0.05, 0) is 33.8 Å². The first-order valence-electron chi connectivity index (χ1n) is 5.99. The van der Waals surface area contributed by atoms with Gasteiger partial charge in [0.1, 0.15) is 11.5 Å². The van der Waals surface area contributed by atoms with Crippen molar-refractivity contribution in [2.24, 2.45) is 0 Å². The Bertz CT molecular complexity index is 414. The third-order valence-electron chi connectivity index (χ3n) is 2.98. The molecule has 17 heavy (non-hydrogen) atoms. The second kappa shape index (κ2) is 4.53. The number of aryl methyl sites for hydroxylation is 2. The van der Waals surface area contributed by atoms with Crippen molar-refractivity contribution in [3.05, 3.63) is 23.2 Å². The van der Waals surface area contributed by atoms with E-state index in [0.29, 0.717) is 24.4 Å². The summed E-state index contributed by atoms with van der Waals surface area (Å²) in [6, 6.07) is 1.81. The van der Waals surface area contributed by atoms with E-state index in [4.69, 9.17) is 9.15 Å². The summed E-state index contributed by atoms with van der Waals surface area (Å²) in [4.78, 5) is 14.2. The quantitative estimate of drug-likeness (QED) is 0.751. The molecule has 1 aliphatic rings. The Labute approximate surface area is 102 Å². The molecule has 1 aromatic rings. The molecule has 2 rings (SSSR count). The van der Waals surface area contributed by atoms with Gasteiger partial charge < -0.3 is 14.1 Å². The van der Waals surface area contributed by atoms with Crippen molar-refractivity contribution in [1.29, 1.82) is 0 Å². The number of furan rings is 1. The van der Waals surface area contributed by atoms with E-state index in [2.05, 4.69) is 0 Å². The molecule has 2 heterocycles. The van der Waals surface area contributed by atoms with E-state index < -0.39 is 0 Å². The summed E-state index contributed by atoms with van der Waals surface area (Å²) in [5.74, 6) is 1.51. The summed E-state index contributed by atoms with van der Waals surface area (Å²) >= 11 is 0. The highest BCUT2D eigenvalue weighted by molar-refractivity contribution is 5.95. The smallest absolute Gasteiger partial charge is 0.257 e. The van der Waals surface area contributed by atoms with E-state index in [0.717, 1.165) is 5.76 Å². The van der Waals surface area contributed by atoms with E-state index in [1.807, 2.05) is 38.7 Å². The van der Waals surface area contributed by atoms with Gasteiger partial charge in [0.25, 0.3) is 5.91 Å². The van der Waals surface area contributed by atoms with E-state index in [1.54, 1.807) is 0 Å². The highest BCUT2D eigenvalue weighted by Gasteiger charge is 2.28. The Balaban J connectivity index is 2.17. The lowest BCUT2D eigenvalue weighted by Crippen LogP contribution is -2.48. The summed E-state index contributed by atoms with van der Waals surface area (Å²) in [7, 11) is 0. The molecule has 1 aromatic heterocycles. The lowest BCUT2D eigenvalue weighted by molar-refractivity contribution is -0.0586. The molecule has 0 aliphatic carbocycles. The minimum absolute atomic E-state index is 0.0429. The van der Waals surface area contributed by atoms with Crippen LogP contribution in [0.4, 0.5) is 0 Å². The fourth-order valence-electron chi connectivity index (χ4n) is 2.36. The molecule has 0 saturated carbocycles. The lowest BCUT2D eigenvalue weighted by Gasteiger charge is -2.35. The second-order valence-corrected chi connectivity index (χ2v) is 4.79. The number of ether oxygens (including phenoxy) is 1. The van der Waals surface area contributed by atoms with Crippen LogP contribution in [0.15, 0.2) is 10.5 Å². The van der Waals surface area contributed by atoms with Crippen LogP contribution in [0.3, 0.4) is 0 Å². The first kappa shape index (κ1) is 12.2. The SMILES string of the molecule is Cc1cc(C(=O)N2C[C@@H](C)O[C@@H](C)C2)c(C)o1. The monoisotopic (exact) mass is 237 g/mol. The average molecular weight is 237 g/mol. The van der Waals surface area contributed by atoms with Gasteiger partial charge in [-0.2, -0.15) is 0 Å². The number of carbonyl (C=O) groups is 1. The first-order valence-corrected chi connectivity index (χ1v) is 5.99. The number of hydrogen-bond acceptors (Lipinski definition) is 3. The minimum atomic E-state index is 0.0429. The summed E-state index contributed by atoms with van der Waals surface area (Å²) in [5, 5.41) is 0. The predicted molar refractivity (Wildman–Crippen MR) is 64.1 cm³/mol. The van der Waals surface area contributed by atoms with Gasteiger partial charge in [0.2, 0.25) is 0 Å². The van der Waals surface area contributed by atoms with Crippen molar-refractivity contribution in [1.82, 2.24) is 4.90 Å². The van der Waals surface area contributed by atoms with Gasteiger partial charge in [-0.1, -0.05) is 0 Å². The van der Waals surface area contributed by atoms with Crippen LogP contribution in [0.25, 0.3) is 0 Å². The molecule has 0 unspecified atom stereocenters. The lowest BCUT2D eigenvalue weighted by atomic mass is 10.1. The molecule has 4 heteroatoms. The van der Waals surface area contributed by atoms with Gasteiger partial charge in [-0.25, -0.2) is 0 Å². The van der Waals surface area contributed by atoms with Crippen LogP contribution in [-0.2, 0) is 4.74 Å². The molecule has 0 radical (unpaired) electrons. The number of rotatable bonds is 1. The highest BCUT2D eigenvalue weighted by Crippen LogP contribution is 2.19. The zero-order valence-electron chi connectivity index (χ0n) is 10.8. The standard InChI is InChI=1S/C13H19NO3/c1-8-5-12(11(4)17-8)13(15)14-6-9(2)16-10(3)7-14/h5,9-10H,6-7H2,1-4H3/t9-,10+. The average Bonchev–Trinajstić information content (AvgIpc) is 2.55. The van der Waals surface area contributed by atoms with Crippen molar-refractivity contribution >= 4 is 5.91 Å². The molecule has 1 saturated heterocycles. The fraction of sp³-hybridized carbons (Fsp3) is 0.615. The summed E-state index contributed by atoms with van der Waals surface area (Å²) in [5.41, 5.74) is 0.670. The molecule has 4 nitrogen and oxygen atoms in total. The topological polar surface area (TPSA) is 42.7 Å². The summed E-state index contributed by atoms with van der Waals surface area (Å²) in [6.45, 7) is 8.95. The van der Waals surface area contributed by atoms with Crippen LogP contribution in [0.5, 0.6) is 0 Å². The normalized spacial score (nSPS) is 25.1. The Kier molecular flexibility index (Phi) is 3.24. The number of morpholine rings is 1. The molecule has 0 aromatic carbocycles. The highest BCUT2D eigenvalue weighted by atomic mass is 16.5. The zero-order valence-corrected chi connectivity index (χ0v) is 10.8. The van der Waals surface area contributed by atoms with Crippen LogP contribution < -0.4 is 0 Å². The molecule has 1 fully saturated rings. The molecule has 94 valence electrons. The molecule has 0 spiro atoms. The number of hydrogen-bond donors (Lipinski definition) is 0. The van der Waals surface area contributed by atoms with E-state index in [9.17, 15) is 4.79 Å². The van der Waals surface area contributed by atoms with Crippen molar-refractivity contribution < 1.29 is 13.9 Å². The Hall–Kier alpha value is -1.29. The number of amides is 1. The molecule has 2 atom stereocenters. The Morgan fingerprint density at radius 3 is 2.35 bits per heavy atom. The third kappa shape index (κ3) is 2.52. The first-order chi connectivity index (χ1) is 7.97. The maximum absolute atomic E-state index is 12.3. The zero-order chi connectivity index (χ0) is 12.6. The van der Waals surface area contributed by atoms with E-state index >= 15 is 0 Å². The van der Waals surface area contributed by atoms with Crippen molar-refractivity contribution in [2.45, 2.75) is 39.9 Å². The molecule has 0 bridgehead atoms. The van der Waals surface area contributed by atoms with Gasteiger partial charge >= 0.3 is 0 Å². The molecule has 1 aliphatic heterocycles. The maximum Gasteiger partial charge on any atom is 0.257 e. The number of nitrogens with zero attached hydrogens (tertiary/aromatic N) is 1. The number of carbonyl (C=O) groups excluding carboxylic acids is 1. The maximum atomic E-state index is 12.3. The van der Waals surface area contributed by atoms with Crippen LogP contribution in [0.2, 0.25) is 0 Å². The van der Waals surface area contributed by atoms with Gasteiger partial charge in [-0.3, -0.25) is 4.79 Å². The van der Waals surface area contributed by atoms with Gasteiger partial charge in [0.05, 0.1) is 17.8 Å². The van der Waals surface area contributed by atoms with Crippen molar-refractivity contribution in [3.63, 3.8) is 0 Å². The van der Waals surface area contributed by atoms with Crippen molar-refractivity contribution in [3.8, 4) is 0 Å². The Morgan fingerprint density at radius 1 is 1.29 bits per heavy atom. The fourth-order valence-corrected chi connectivity index (χ4v) is 2.36. The molecular weight excluding hydrogens is 218 g/mol. The third-order valence-corrected chi connectivity index (χ3v) is 2.98. The van der Waals surface area contributed by atoms with Crippen LogP contribution >= 0.6 is 0 Å². The summed E-state index contributed by atoms with van der Waals surface area (Å²) < 4.78 is 11.0. The second-order valence-electron chi connectivity index (χ2n) is 4.79. The van der Waals surface area contributed by atoms with Gasteiger partial charge in [-0.15, -0.1) is 0 Å². The largest absolute Gasteiger partial charge is 0.466 e. The van der Waals surface area contributed by atoms with E-state index in [-0.39, 0.29) is 18.1 Å². The minimum Gasteiger partial charge on any atom is -0.466 e. The Morgan fingerprint density at radius 2 is 1.88 bits per heavy atom. The molecular formula is C13H19NO3. The van der Waals surface area contributed by atoms with Gasteiger partial charge in [0.15, 0.2) is 0 Å². The summed E-state index contributed by atoms with van der Waals surface area (Å²) in [6.07, 6.45) is 0.187. The predicted octanol–water partition coefficient (Wildman–Crippen LogP) is 2.15. The van der Waals surface area contributed by atoms with Crippen LogP contribution in [0.1, 0.15) is 35.7 Å². The van der Waals surface area contributed by atoms with Crippen LogP contribution in [-0.4, -0.2) is 36.1 Å². The van der Waals surface area contributed by atoms with Crippen LogP contribution in [0, 0.1) is 13.8 Å². The molecule has 0 N–H and O–H groups in total. The van der Waals surface area contributed by atoms with Crippen molar-refractivity contribution in [2.75, 3.05) is 13.1 Å². The molecule has 1 amide bonds.